The maximum atomic E-state index is 13.4. The highest BCUT2D eigenvalue weighted by Crippen LogP contribution is 2.42. The second-order valence-corrected chi connectivity index (χ2v) is 8.33. The number of pyridine rings is 1. The third kappa shape index (κ3) is 4.01. The van der Waals surface area contributed by atoms with Crippen LogP contribution in [0.25, 0.3) is 11.4 Å². The van der Waals surface area contributed by atoms with Crippen LogP contribution in [0.5, 0.6) is 5.75 Å². The number of nitriles is 1. The summed E-state index contributed by atoms with van der Waals surface area (Å²) in [6.07, 6.45) is 5.55. The molecule has 2 aliphatic heterocycles. The number of hydrogen-bond donors (Lipinski definition) is 1. The van der Waals surface area contributed by atoms with Crippen molar-refractivity contribution < 1.29 is 14.3 Å². The molecule has 0 spiro atoms. The van der Waals surface area contributed by atoms with Crippen LogP contribution in [-0.4, -0.2) is 63.1 Å². The maximum Gasteiger partial charge on any atom is 0.290 e. The summed E-state index contributed by atoms with van der Waals surface area (Å²) in [5.41, 5.74) is 3.73. The predicted octanol–water partition coefficient (Wildman–Crippen LogP) is 2.35. The first-order valence-electron chi connectivity index (χ1n) is 11.3. The van der Waals surface area contributed by atoms with Gasteiger partial charge in [-0.3, -0.25) is 9.59 Å². The summed E-state index contributed by atoms with van der Waals surface area (Å²) >= 11 is 0. The molecule has 176 valence electrons. The summed E-state index contributed by atoms with van der Waals surface area (Å²) in [4.78, 5) is 36.5. The zero-order valence-corrected chi connectivity index (χ0v) is 19.1. The van der Waals surface area contributed by atoms with Crippen molar-refractivity contribution in [1.29, 1.82) is 5.26 Å². The summed E-state index contributed by atoms with van der Waals surface area (Å²) in [5, 5.41) is 17.0. The van der Waals surface area contributed by atoms with Crippen LogP contribution in [0, 0.1) is 11.3 Å². The number of likely N-dealkylation sites (tertiary alicyclic amines) is 1. The Kier molecular flexibility index (Phi) is 5.97. The number of amides is 1. The lowest BCUT2D eigenvalue weighted by Gasteiger charge is -2.29. The van der Waals surface area contributed by atoms with E-state index in [1.165, 1.54) is 30.6 Å². The second kappa shape index (κ2) is 9.38. The van der Waals surface area contributed by atoms with E-state index in [4.69, 9.17) is 4.74 Å². The van der Waals surface area contributed by atoms with Gasteiger partial charge in [-0.2, -0.15) is 10.4 Å². The molecule has 1 atom stereocenters. The van der Waals surface area contributed by atoms with Crippen molar-refractivity contribution in [3.05, 3.63) is 65.9 Å². The number of anilines is 1. The van der Waals surface area contributed by atoms with Crippen LogP contribution < -0.4 is 10.1 Å². The largest absolute Gasteiger partial charge is 0.495 e. The molecule has 0 saturated carbocycles. The number of nitrogens with one attached hydrogen (secondary N) is 1. The lowest BCUT2D eigenvalue weighted by molar-refractivity contribution is -0.145. The zero-order chi connectivity index (χ0) is 24.4. The molecule has 0 aliphatic carbocycles. The van der Waals surface area contributed by atoms with Crippen molar-refractivity contribution >= 4 is 23.0 Å². The van der Waals surface area contributed by atoms with Gasteiger partial charge in [0.15, 0.2) is 5.82 Å². The molecule has 1 amide bonds. The Morgan fingerprint density at radius 3 is 2.63 bits per heavy atom. The Bertz CT molecular complexity index is 1330. The van der Waals surface area contributed by atoms with Crippen molar-refractivity contribution in [2.75, 3.05) is 32.1 Å². The van der Waals surface area contributed by atoms with Crippen LogP contribution >= 0.6 is 0 Å². The SMILES string of the molecule is COc1cnc(-n2cncn2)c2c1C(C(=O)C(=O)N1CCC(=C(C#N)c3ccccc3)CC1)CN2. The molecule has 2 aromatic heterocycles. The fraction of sp³-hybridized carbons (Fsp3) is 0.280. The Morgan fingerprint density at radius 2 is 1.97 bits per heavy atom. The molecule has 1 fully saturated rings. The number of aromatic nitrogens is 4. The number of methoxy groups -OCH3 is 1. The van der Waals surface area contributed by atoms with Crippen LogP contribution in [0.1, 0.15) is 29.9 Å². The summed E-state index contributed by atoms with van der Waals surface area (Å²) in [7, 11) is 1.51. The highest BCUT2D eigenvalue weighted by Gasteiger charge is 2.39. The number of rotatable bonds is 5. The lowest BCUT2D eigenvalue weighted by atomic mass is 9.92. The molecule has 0 radical (unpaired) electrons. The minimum Gasteiger partial charge on any atom is -0.495 e. The molecular weight excluding hydrogens is 446 g/mol. The number of Topliss-reactive ketones (excluding diaryl/α,β-unsaturated/α-hetero) is 1. The third-order valence-electron chi connectivity index (χ3n) is 6.46. The summed E-state index contributed by atoms with van der Waals surface area (Å²) in [6, 6.07) is 11.8. The smallest absolute Gasteiger partial charge is 0.290 e. The highest BCUT2D eigenvalue weighted by molar-refractivity contribution is 6.38. The fourth-order valence-corrected chi connectivity index (χ4v) is 4.69. The predicted molar refractivity (Wildman–Crippen MR) is 127 cm³/mol. The van der Waals surface area contributed by atoms with Gasteiger partial charge in [-0.15, -0.1) is 0 Å². The molecule has 1 unspecified atom stereocenters. The lowest BCUT2D eigenvalue weighted by Crippen LogP contribution is -2.42. The fourth-order valence-electron chi connectivity index (χ4n) is 4.69. The normalized spacial score (nSPS) is 16.7. The van der Waals surface area contributed by atoms with Gasteiger partial charge in [0.1, 0.15) is 18.4 Å². The Morgan fingerprint density at radius 1 is 1.20 bits per heavy atom. The molecule has 1 saturated heterocycles. The van der Waals surface area contributed by atoms with E-state index in [1.807, 2.05) is 30.3 Å². The molecule has 10 heteroatoms. The Hall–Kier alpha value is -4.52. The van der Waals surface area contributed by atoms with Crippen molar-refractivity contribution in [3.8, 4) is 17.6 Å². The quantitative estimate of drug-likeness (QED) is 0.446. The number of carbonyl (C=O) groups excluding carboxylic acids is 2. The van der Waals surface area contributed by atoms with Crippen molar-refractivity contribution in [3.63, 3.8) is 0 Å². The molecule has 5 rings (SSSR count). The Labute approximate surface area is 201 Å². The van der Waals surface area contributed by atoms with Crippen LogP contribution in [-0.2, 0) is 9.59 Å². The zero-order valence-electron chi connectivity index (χ0n) is 19.1. The number of carbonyl (C=O) groups is 2. The van der Waals surface area contributed by atoms with E-state index in [0.29, 0.717) is 54.3 Å². The number of hydrogen-bond acceptors (Lipinski definition) is 8. The molecular formula is C25H23N7O3. The van der Waals surface area contributed by atoms with E-state index in [2.05, 4.69) is 26.5 Å². The highest BCUT2D eigenvalue weighted by atomic mass is 16.5. The first kappa shape index (κ1) is 22.3. The molecule has 0 bridgehead atoms. The number of fused-ring (bicyclic) bond motifs is 1. The van der Waals surface area contributed by atoms with E-state index in [1.54, 1.807) is 4.90 Å². The summed E-state index contributed by atoms with van der Waals surface area (Å²) < 4.78 is 6.97. The van der Waals surface area contributed by atoms with Gasteiger partial charge < -0.3 is 15.0 Å². The topological polar surface area (TPSA) is 126 Å². The minimum absolute atomic E-state index is 0.259. The van der Waals surface area contributed by atoms with Crippen molar-refractivity contribution in [2.24, 2.45) is 0 Å². The van der Waals surface area contributed by atoms with Crippen LogP contribution in [0.15, 0.2) is 54.8 Å². The maximum absolute atomic E-state index is 13.4. The number of piperidine rings is 1. The van der Waals surface area contributed by atoms with Gasteiger partial charge in [0, 0.05) is 25.2 Å². The third-order valence-corrected chi connectivity index (χ3v) is 6.46. The number of nitrogens with zero attached hydrogens (tertiary/aromatic N) is 6. The van der Waals surface area contributed by atoms with E-state index < -0.39 is 17.6 Å². The first-order chi connectivity index (χ1) is 17.1. The van der Waals surface area contributed by atoms with Crippen molar-refractivity contribution in [2.45, 2.75) is 18.8 Å². The molecule has 1 N–H and O–H groups in total. The van der Waals surface area contributed by atoms with Gasteiger partial charge in [-0.05, 0) is 24.0 Å². The Balaban J connectivity index is 1.35. The van der Waals surface area contributed by atoms with Gasteiger partial charge in [0.2, 0.25) is 5.78 Å². The van der Waals surface area contributed by atoms with Crippen LogP contribution in [0.2, 0.25) is 0 Å². The average Bonchev–Trinajstić information content (AvgIpc) is 3.60. The van der Waals surface area contributed by atoms with Gasteiger partial charge in [0.25, 0.3) is 5.91 Å². The van der Waals surface area contributed by atoms with Crippen molar-refractivity contribution in [1.82, 2.24) is 24.6 Å². The van der Waals surface area contributed by atoms with Gasteiger partial charge in [-0.25, -0.2) is 14.6 Å². The van der Waals surface area contributed by atoms with E-state index >= 15 is 0 Å². The van der Waals surface area contributed by atoms with Crippen LogP contribution in [0.4, 0.5) is 5.69 Å². The number of ketones is 1. The molecule has 2 aliphatic rings. The van der Waals surface area contributed by atoms with Crippen LogP contribution in [0.3, 0.4) is 0 Å². The number of allylic oxidation sites excluding steroid dienone is 1. The van der Waals surface area contributed by atoms with E-state index in [9.17, 15) is 14.9 Å². The average molecular weight is 470 g/mol. The summed E-state index contributed by atoms with van der Waals surface area (Å²) in [6.45, 7) is 1.04. The van der Waals surface area contributed by atoms with E-state index in [0.717, 1.165) is 11.1 Å². The van der Waals surface area contributed by atoms with Gasteiger partial charge in [-0.1, -0.05) is 30.3 Å². The standard InChI is InChI=1S/C25H23N7O3/c1-35-20-13-29-24(32-15-27-14-30-32)22-21(20)19(12-28-22)23(33)25(34)31-9-7-17(8-10-31)18(11-26)16-5-3-2-4-6-16/h2-6,13-15,19,28H,7-10,12H2,1H3. The summed E-state index contributed by atoms with van der Waals surface area (Å²) in [5.74, 6) is -0.804. The first-order valence-corrected chi connectivity index (χ1v) is 11.3. The van der Waals surface area contributed by atoms with Gasteiger partial charge in [0.05, 0.1) is 36.6 Å². The van der Waals surface area contributed by atoms with Gasteiger partial charge >= 0.3 is 0 Å². The minimum atomic E-state index is -0.700. The number of ether oxygens (including phenoxy) is 1. The molecule has 35 heavy (non-hydrogen) atoms. The monoisotopic (exact) mass is 469 g/mol. The molecule has 3 aromatic rings. The molecule has 1 aromatic carbocycles. The number of benzene rings is 1. The second-order valence-electron chi connectivity index (χ2n) is 8.33. The molecule has 10 nitrogen and oxygen atoms in total. The van der Waals surface area contributed by atoms with E-state index in [-0.39, 0.29) is 6.54 Å². The molecule has 4 heterocycles.